The third-order valence-electron chi connectivity index (χ3n) is 1.93. The SMILES string of the molecule is CCCOc1cc[c]([Mg][CH2]C)cc1. The molecule has 13 heavy (non-hydrogen) atoms. The second kappa shape index (κ2) is 6.27. The van der Waals surface area contributed by atoms with Crippen molar-refractivity contribution in [2.45, 2.75) is 24.8 Å². The van der Waals surface area contributed by atoms with Crippen LogP contribution in [0.3, 0.4) is 0 Å². The van der Waals surface area contributed by atoms with Gasteiger partial charge in [-0.3, -0.25) is 0 Å². The van der Waals surface area contributed by atoms with Crippen LogP contribution in [0.5, 0.6) is 5.75 Å². The van der Waals surface area contributed by atoms with Crippen LogP contribution in [0.1, 0.15) is 20.3 Å². The zero-order chi connectivity index (χ0) is 9.52. The Balaban J connectivity index is 2.48. The van der Waals surface area contributed by atoms with E-state index in [1.165, 1.54) is 8.24 Å². The van der Waals surface area contributed by atoms with Crippen LogP contribution >= 0.6 is 0 Å². The highest BCUT2D eigenvalue weighted by atomic mass is 24.5. The van der Waals surface area contributed by atoms with Crippen molar-refractivity contribution in [3.05, 3.63) is 24.3 Å². The number of benzene rings is 1. The van der Waals surface area contributed by atoms with Crippen LogP contribution in [-0.4, -0.2) is 27.0 Å². The molecule has 0 N–H and O–H groups in total. The summed E-state index contributed by atoms with van der Waals surface area (Å²) in [6, 6.07) is 8.60. The fraction of sp³-hybridized carbons (Fsp3) is 0.455. The molecular weight excluding hydrogens is 172 g/mol. The molecule has 0 spiro atoms. The molecule has 0 atom stereocenters. The molecule has 0 aliphatic heterocycles. The molecular formula is C11H16MgO. The first-order valence-corrected chi connectivity index (χ1v) is 6.79. The summed E-state index contributed by atoms with van der Waals surface area (Å²) < 4.78 is 8.38. The first-order valence-electron chi connectivity index (χ1n) is 5.08. The quantitative estimate of drug-likeness (QED) is 0.644. The fourth-order valence-electron chi connectivity index (χ4n) is 1.26. The minimum Gasteiger partial charge on any atom is -0.494 e. The van der Waals surface area contributed by atoms with Gasteiger partial charge in [-0.2, -0.15) is 3.69 Å². The van der Waals surface area contributed by atoms with Crippen molar-refractivity contribution in [1.29, 1.82) is 0 Å². The Hall–Kier alpha value is -0.214. The minimum absolute atomic E-state index is 0.00828. The molecule has 1 nitrogen and oxygen atoms in total. The zero-order valence-electron chi connectivity index (χ0n) is 8.55. The Morgan fingerprint density at radius 3 is 2.38 bits per heavy atom. The molecule has 0 heterocycles. The first-order chi connectivity index (χ1) is 6.36. The summed E-state index contributed by atoms with van der Waals surface area (Å²) in [6.45, 7) is 5.20. The molecule has 0 amide bonds. The van der Waals surface area contributed by atoms with E-state index in [-0.39, 0.29) is 20.4 Å². The standard InChI is InChI=1S/C9H11O.C2H5.Mg/c1-2-8-10-9-6-4-3-5-7-9;1-2;/h4-7H,2,8H2,1H3;1H2,2H3;. The Kier molecular flexibility index (Phi) is 5.24. The molecule has 1 rings (SSSR count). The van der Waals surface area contributed by atoms with Crippen molar-refractivity contribution in [2.75, 3.05) is 6.61 Å². The van der Waals surface area contributed by atoms with Gasteiger partial charge in [0.2, 0.25) is 0 Å². The van der Waals surface area contributed by atoms with Crippen molar-refractivity contribution in [1.82, 2.24) is 0 Å². The first kappa shape index (κ1) is 10.9. The fourth-order valence-corrected chi connectivity index (χ4v) is 2.41. The van der Waals surface area contributed by atoms with Crippen LogP contribution in [0.15, 0.2) is 24.3 Å². The van der Waals surface area contributed by atoms with Gasteiger partial charge in [0.25, 0.3) is 0 Å². The molecule has 0 aromatic heterocycles. The van der Waals surface area contributed by atoms with Gasteiger partial charge in [0.15, 0.2) is 0 Å². The van der Waals surface area contributed by atoms with E-state index < -0.39 is 0 Å². The lowest BCUT2D eigenvalue weighted by Gasteiger charge is -2.04. The van der Waals surface area contributed by atoms with Crippen molar-refractivity contribution < 1.29 is 4.74 Å². The van der Waals surface area contributed by atoms with Crippen molar-refractivity contribution in [2.24, 2.45) is 0 Å². The minimum atomic E-state index is 0.00828. The summed E-state index contributed by atoms with van der Waals surface area (Å²) in [5.41, 5.74) is 0. The maximum Gasteiger partial charge on any atom is 0.408 e. The van der Waals surface area contributed by atoms with E-state index in [9.17, 15) is 0 Å². The molecule has 0 fully saturated rings. The molecule has 0 bridgehead atoms. The monoisotopic (exact) mass is 188 g/mol. The average Bonchev–Trinajstić information content (AvgIpc) is 2.17. The van der Waals surface area contributed by atoms with E-state index in [0.717, 1.165) is 18.8 Å². The largest absolute Gasteiger partial charge is 0.494 e. The van der Waals surface area contributed by atoms with E-state index in [1.54, 1.807) is 0 Å². The summed E-state index contributed by atoms with van der Waals surface area (Å²) in [7, 11) is 0. The molecule has 0 radical (unpaired) electrons. The highest BCUT2D eigenvalue weighted by molar-refractivity contribution is 6.53. The second-order valence-electron chi connectivity index (χ2n) is 3.24. The lowest BCUT2D eigenvalue weighted by Crippen LogP contribution is -2.11. The highest BCUT2D eigenvalue weighted by Crippen LogP contribution is 2.07. The van der Waals surface area contributed by atoms with Gasteiger partial charge in [-0.25, -0.2) is 0 Å². The maximum absolute atomic E-state index is 5.50. The van der Waals surface area contributed by atoms with E-state index in [1.807, 2.05) is 0 Å². The van der Waals surface area contributed by atoms with Gasteiger partial charge in [-0.15, -0.1) is 4.55 Å². The molecule has 68 valence electrons. The van der Waals surface area contributed by atoms with Crippen LogP contribution in [-0.2, 0) is 0 Å². The Morgan fingerprint density at radius 1 is 1.15 bits per heavy atom. The molecule has 0 saturated carbocycles. The predicted octanol–water partition coefficient (Wildman–Crippen LogP) is 2.24. The van der Waals surface area contributed by atoms with Gasteiger partial charge in [0.1, 0.15) is 5.75 Å². The summed E-state index contributed by atoms with van der Waals surface area (Å²) >= 11 is 0.00828. The molecule has 2 heteroatoms. The Labute approximate surface area is 90.2 Å². The van der Waals surface area contributed by atoms with Gasteiger partial charge >= 0.3 is 20.4 Å². The normalized spacial score (nSPS) is 9.38. The Bertz CT molecular complexity index is 230. The zero-order valence-corrected chi connectivity index (χ0v) is 9.96. The lowest BCUT2D eigenvalue weighted by molar-refractivity contribution is 0.317. The molecule has 0 aliphatic carbocycles. The Morgan fingerprint density at radius 2 is 1.85 bits per heavy atom. The number of hydrogen-bond acceptors (Lipinski definition) is 1. The van der Waals surface area contributed by atoms with Crippen molar-refractivity contribution in [3.8, 4) is 5.75 Å². The second-order valence-corrected chi connectivity index (χ2v) is 5.56. The van der Waals surface area contributed by atoms with Gasteiger partial charge in [0, 0.05) is 0 Å². The van der Waals surface area contributed by atoms with Crippen molar-refractivity contribution in [3.63, 3.8) is 0 Å². The van der Waals surface area contributed by atoms with Crippen LogP contribution < -0.4 is 8.43 Å². The molecule has 0 unspecified atom stereocenters. The number of hydrogen-bond donors (Lipinski definition) is 0. The van der Waals surface area contributed by atoms with Gasteiger partial charge in [-0.1, -0.05) is 26.0 Å². The maximum atomic E-state index is 5.50. The molecule has 1 aromatic rings. The summed E-state index contributed by atoms with van der Waals surface area (Å²) in [6.07, 6.45) is 1.07. The summed E-state index contributed by atoms with van der Waals surface area (Å²) in [5.74, 6) is 1.01. The third-order valence-corrected chi connectivity index (χ3v) is 3.48. The number of rotatable bonds is 5. The van der Waals surface area contributed by atoms with Crippen LogP contribution in [0, 0.1) is 0 Å². The van der Waals surface area contributed by atoms with Crippen molar-refractivity contribution >= 4 is 24.1 Å². The summed E-state index contributed by atoms with van der Waals surface area (Å²) in [4.78, 5) is 0. The van der Waals surface area contributed by atoms with Gasteiger partial charge in [0.05, 0.1) is 6.61 Å². The van der Waals surface area contributed by atoms with E-state index in [4.69, 9.17) is 4.74 Å². The van der Waals surface area contributed by atoms with E-state index in [2.05, 4.69) is 38.1 Å². The van der Waals surface area contributed by atoms with Crippen LogP contribution in [0.4, 0.5) is 0 Å². The highest BCUT2D eigenvalue weighted by Gasteiger charge is 1.96. The van der Waals surface area contributed by atoms with E-state index >= 15 is 0 Å². The third kappa shape index (κ3) is 4.01. The van der Waals surface area contributed by atoms with Gasteiger partial charge in [-0.05, 0) is 18.6 Å². The molecule has 0 aliphatic rings. The smallest absolute Gasteiger partial charge is 0.408 e. The topological polar surface area (TPSA) is 9.23 Å². The average molecular weight is 189 g/mol. The molecule has 0 saturated heterocycles. The van der Waals surface area contributed by atoms with E-state index in [0.29, 0.717) is 0 Å². The lowest BCUT2D eigenvalue weighted by atomic mass is 10.3. The van der Waals surface area contributed by atoms with Crippen LogP contribution in [0.25, 0.3) is 0 Å². The molecule has 1 aromatic carbocycles. The van der Waals surface area contributed by atoms with Crippen LogP contribution in [0.2, 0.25) is 4.55 Å². The number of ether oxygens (including phenoxy) is 1. The van der Waals surface area contributed by atoms with Gasteiger partial charge < -0.3 is 4.74 Å². The summed E-state index contributed by atoms with van der Waals surface area (Å²) in [5, 5.41) is 0. The predicted molar refractivity (Wildman–Crippen MR) is 58.1 cm³/mol.